The molecule has 2 heterocycles. The lowest BCUT2D eigenvalue weighted by atomic mass is 10.0. The summed E-state index contributed by atoms with van der Waals surface area (Å²) in [6.45, 7) is 5.59. The Hall–Kier alpha value is -0.830. The molecular formula is C12H21N3. The first kappa shape index (κ1) is 10.7. The quantitative estimate of drug-likeness (QED) is 0.823. The molecule has 0 radical (unpaired) electrons. The van der Waals surface area contributed by atoms with Crippen LogP contribution in [-0.4, -0.2) is 22.1 Å². The van der Waals surface area contributed by atoms with E-state index in [2.05, 4.69) is 34.9 Å². The van der Waals surface area contributed by atoms with Gasteiger partial charge in [0.15, 0.2) is 0 Å². The van der Waals surface area contributed by atoms with Gasteiger partial charge in [0.25, 0.3) is 0 Å². The molecule has 1 atom stereocenters. The summed E-state index contributed by atoms with van der Waals surface area (Å²) >= 11 is 0. The fourth-order valence-corrected chi connectivity index (χ4v) is 2.29. The van der Waals surface area contributed by atoms with Crippen molar-refractivity contribution in [1.29, 1.82) is 0 Å². The number of hydrogen-bond donors (Lipinski definition) is 1. The number of aromatic nitrogens is 2. The number of imidazole rings is 1. The molecular weight excluding hydrogens is 186 g/mol. The normalized spacial score (nSPS) is 22.2. The van der Waals surface area contributed by atoms with Gasteiger partial charge < -0.3 is 9.88 Å². The van der Waals surface area contributed by atoms with Gasteiger partial charge >= 0.3 is 0 Å². The Kier molecular flexibility index (Phi) is 3.41. The van der Waals surface area contributed by atoms with Crippen LogP contribution in [0.4, 0.5) is 0 Å². The molecule has 1 aromatic heterocycles. The minimum absolute atomic E-state index is 0.520. The fourth-order valence-electron chi connectivity index (χ4n) is 2.29. The lowest BCUT2D eigenvalue weighted by Gasteiger charge is -2.24. The molecule has 0 amide bonds. The molecule has 1 unspecified atom stereocenters. The van der Waals surface area contributed by atoms with E-state index in [1.54, 1.807) is 0 Å². The van der Waals surface area contributed by atoms with E-state index in [0.29, 0.717) is 12.1 Å². The Morgan fingerprint density at radius 1 is 1.53 bits per heavy atom. The van der Waals surface area contributed by atoms with Crippen molar-refractivity contribution in [3.8, 4) is 0 Å². The van der Waals surface area contributed by atoms with Gasteiger partial charge in [-0.15, -0.1) is 0 Å². The maximum Gasteiger partial charge on any atom is 0.110 e. The Labute approximate surface area is 91.9 Å². The molecule has 1 N–H and O–H groups in total. The van der Waals surface area contributed by atoms with E-state index in [1.165, 1.54) is 31.6 Å². The molecule has 2 rings (SSSR count). The van der Waals surface area contributed by atoms with E-state index in [4.69, 9.17) is 0 Å². The van der Waals surface area contributed by atoms with Gasteiger partial charge in [-0.2, -0.15) is 0 Å². The van der Waals surface area contributed by atoms with Crippen LogP contribution in [0.1, 0.15) is 45.0 Å². The van der Waals surface area contributed by atoms with Gasteiger partial charge in [-0.3, -0.25) is 0 Å². The SMILES string of the molecule is CC(C)n1ccnc1CC1CCCCN1. The molecule has 84 valence electrons. The topological polar surface area (TPSA) is 29.9 Å². The van der Waals surface area contributed by atoms with Gasteiger partial charge in [0.2, 0.25) is 0 Å². The predicted molar refractivity (Wildman–Crippen MR) is 62.0 cm³/mol. The van der Waals surface area contributed by atoms with Crippen LogP contribution >= 0.6 is 0 Å². The first-order valence-corrected chi connectivity index (χ1v) is 6.02. The fraction of sp³-hybridized carbons (Fsp3) is 0.750. The van der Waals surface area contributed by atoms with Crippen molar-refractivity contribution >= 4 is 0 Å². The summed E-state index contributed by atoms with van der Waals surface area (Å²) in [6.07, 6.45) is 9.06. The minimum atomic E-state index is 0.520. The molecule has 1 saturated heterocycles. The minimum Gasteiger partial charge on any atom is -0.332 e. The zero-order valence-electron chi connectivity index (χ0n) is 9.74. The zero-order valence-corrected chi connectivity index (χ0v) is 9.74. The highest BCUT2D eigenvalue weighted by atomic mass is 15.1. The van der Waals surface area contributed by atoms with Crippen LogP contribution in [0.2, 0.25) is 0 Å². The third kappa shape index (κ3) is 2.59. The molecule has 0 spiro atoms. The summed E-state index contributed by atoms with van der Waals surface area (Å²) in [5.74, 6) is 1.23. The average molecular weight is 207 g/mol. The van der Waals surface area contributed by atoms with Crippen LogP contribution in [0.3, 0.4) is 0 Å². The highest BCUT2D eigenvalue weighted by Gasteiger charge is 2.16. The lowest BCUT2D eigenvalue weighted by molar-refractivity contribution is 0.387. The maximum atomic E-state index is 4.45. The van der Waals surface area contributed by atoms with Crippen molar-refractivity contribution in [3.63, 3.8) is 0 Å². The number of rotatable bonds is 3. The second kappa shape index (κ2) is 4.79. The number of piperidine rings is 1. The lowest BCUT2D eigenvalue weighted by Crippen LogP contribution is -2.36. The monoisotopic (exact) mass is 207 g/mol. The van der Waals surface area contributed by atoms with Crippen molar-refractivity contribution < 1.29 is 0 Å². The Morgan fingerprint density at radius 2 is 2.40 bits per heavy atom. The molecule has 0 bridgehead atoms. The van der Waals surface area contributed by atoms with Gasteiger partial charge in [0.1, 0.15) is 5.82 Å². The van der Waals surface area contributed by atoms with Crippen molar-refractivity contribution in [1.82, 2.24) is 14.9 Å². The first-order chi connectivity index (χ1) is 7.27. The second-order valence-electron chi connectivity index (χ2n) is 4.70. The first-order valence-electron chi connectivity index (χ1n) is 6.02. The largest absolute Gasteiger partial charge is 0.332 e. The number of nitrogens with zero attached hydrogens (tertiary/aromatic N) is 2. The highest BCUT2D eigenvalue weighted by Crippen LogP contribution is 2.14. The maximum absolute atomic E-state index is 4.45. The molecule has 1 aromatic rings. The van der Waals surface area contributed by atoms with Gasteiger partial charge in [-0.05, 0) is 33.2 Å². The molecule has 0 saturated carbocycles. The Balaban J connectivity index is 1.99. The van der Waals surface area contributed by atoms with Crippen molar-refractivity contribution in [2.45, 2.75) is 51.6 Å². The Morgan fingerprint density at radius 3 is 3.07 bits per heavy atom. The van der Waals surface area contributed by atoms with Crippen LogP contribution < -0.4 is 5.32 Å². The summed E-state index contributed by atoms with van der Waals surface area (Å²) in [5.41, 5.74) is 0. The van der Waals surface area contributed by atoms with E-state index in [1.807, 2.05) is 6.20 Å². The van der Waals surface area contributed by atoms with Crippen molar-refractivity contribution in [2.24, 2.45) is 0 Å². The van der Waals surface area contributed by atoms with Crippen LogP contribution in [0.5, 0.6) is 0 Å². The van der Waals surface area contributed by atoms with Crippen LogP contribution in [0.15, 0.2) is 12.4 Å². The average Bonchev–Trinajstić information content (AvgIpc) is 2.67. The van der Waals surface area contributed by atoms with Crippen LogP contribution in [-0.2, 0) is 6.42 Å². The molecule has 0 aromatic carbocycles. The van der Waals surface area contributed by atoms with Crippen molar-refractivity contribution in [2.75, 3.05) is 6.54 Å². The van der Waals surface area contributed by atoms with E-state index >= 15 is 0 Å². The summed E-state index contributed by atoms with van der Waals surface area (Å²) in [4.78, 5) is 4.45. The Bertz CT molecular complexity index is 298. The highest BCUT2D eigenvalue weighted by molar-refractivity contribution is 4.97. The van der Waals surface area contributed by atoms with Crippen LogP contribution in [0.25, 0.3) is 0 Å². The van der Waals surface area contributed by atoms with Gasteiger partial charge in [-0.1, -0.05) is 6.42 Å². The van der Waals surface area contributed by atoms with E-state index < -0.39 is 0 Å². The molecule has 15 heavy (non-hydrogen) atoms. The predicted octanol–water partition coefficient (Wildman–Crippen LogP) is 2.15. The third-order valence-electron chi connectivity index (χ3n) is 3.15. The number of nitrogens with one attached hydrogen (secondary N) is 1. The smallest absolute Gasteiger partial charge is 0.110 e. The van der Waals surface area contributed by atoms with E-state index in [0.717, 1.165) is 6.42 Å². The standard InChI is InChI=1S/C12H21N3/c1-10(2)15-8-7-14-12(15)9-11-5-3-4-6-13-11/h7-8,10-11,13H,3-6,9H2,1-2H3. The third-order valence-corrected chi connectivity index (χ3v) is 3.15. The number of hydrogen-bond acceptors (Lipinski definition) is 2. The van der Waals surface area contributed by atoms with Crippen LogP contribution in [0, 0.1) is 0 Å². The second-order valence-corrected chi connectivity index (χ2v) is 4.70. The molecule has 3 heteroatoms. The van der Waals surface area contributed by atoms with Gasteiger partial charge in [0, 0.05) is 30.9 Å². The van der Waals surface area contributed by atoms with E-state index in [-0.39, 0.29) is 0 Å². The summed E-state index contributed by atoms with van der Waals surface area (Å²) in [5, 5.41) is 3.57. The molecule has 1 aliphatic rings. The molecule has 0 aliphatic carbocycles. The zero-order chi connectivity index (χ0) is 10.7. The summed E-state index contributed by atoms with van der Waals surface area (Å²) in [6, 6.07) is 1.16. The van der Waals surface area contributed by atoms with Crippen molar-refractivity contribution in [3.05, 3.63) is 18.2 Å². The molecule has 3 nitrogen and oxygen atoms in total. The summed E-state index contributed by atoms with van der Waals surface area (Å²) < 4.78 is 2.27. The molecule has 1 fully saturated rings. The summed E-state index contributed by atoms with van der Waals surface area (Å²) in [7, 11) is 0. The van der Waals surface area contributed by atoms with Gasteiger partial charge in [0.05, 0.1) is 0 Å². The van der Waals surface area contributed by atoms with Gasteiger partial charge in [-0.25, -0.2) is 4.98 Å². The van der Waals surface area contributed by atoms with E-state index in [9.17, 15) is 0 Å². The molecule has 1 aliphatic heterocycles.